The van der Waals surface area contributed by atoms with Crippen LogP contribution in [0.2, 0.25) is 0 Å². The van der Waals surface area contributed by atoms with Crippen molar-refractivity contribution in [2.45, 2.75) is 45.2 Å². The molecule has 2 unspecified atom stereocenters. The monoisotopic (exact) mass is 266 g/mol. The Morgan fingerprint density at radius 3 is 2.56 bits per heavy atom. The van der Waals surface area contributed by atoms with Gasteiger partial charge in [-0.1, -0.05) is 13.8 Å². The van der Waals surface area contributed by atoms with E-state index in [4.69, 9.17) is 5.73 Å². The molecule has 102 valence electrons. The molecule has 1 saturated carbocycles. The highest BCUT2D eigenvalue weighted by Gasteiger charge is 2.39. The largest absolute Gasteiger partial charge is 0.329 e. The number of nitrogens with zero attached hydrogens (tertiary/aromatic N) is 1. The highest BCUT2D eigenvalue weighted by atomic mass is 32.1. The van der Waals surface area contributed by atoms with Gasteiger partial charge in [-0.3, -0.25) is 4.90 Å². The van der Waals surface area contributed by atoms with Crippen molar-refractivity contribution in [1.82, 2.24) is 4.90 Å². The van der Waals surface area contributed by atoms with Crippen LogP contribution in [-0.2, 0) is 6.54 Å². The summed E-state index contributed by atoms with van der Waals surface area (Å²) < 4.78 is 0. The molecule has 1 aliphatic rings. The van der Waals surface area contributed by atoms with Gasteiger partial charge in [0.2, 0.25) is 0 Å². The molecule has 0 bridgehead atoms. The number of rotatable bonds is 4. The highest BCUT2D eigenvalue weighted by Crippen LogP contribution is 2.39. The van der Waals surface area contributed by atoms with Crippen LogP contribution in [0.15, 0.2) is 16.8 Å². The molecule has 0 aromatic carbocycles. The molecule has 1 aromatic heterocycles. The molecule has 18 heavy (non-hydrogen) atoms. The zero-order valence-corrected chi connectivity index (χ0v) is 12.7. The maximum atomic E-state index is 6.15. The summed E-state index contributed by atoms with van der Waals surface area (Å²) in [5.74, 6) is 1.59. The summed E-state index contributed by atoms with van der Waals surface area (Å²) in [4.78, 5) is 2.50. The van der Waals surface area contributed by atoms with Crippen LogP contribution in [-0.4, -0.2) is 24.0 Å². The average molecular weight is 266 g/mol. The van der Waals surface area contributed by atoms with Crippen molar-refractivity contribution in [3.05, 3.63) is 22.4 Å². The molecular formula is C15H26N2S. The fourth-order valence-electron chi connectivity index (χ4n) is 3.69. The first-order valence-electron chi connectivity index (χ1n) is 6.98. The number of nitrogens with two attached hydrogens (primary N) is 1. The molecule has 2 rings (SSSR count). The number of likely N-dealkylation sites (N-methyl/N-ethyl adjacent to an activating group) is 1. The molecule has 1 aromatic rings. The van der Waals surface area contributed by atoms with Crippen LogP contribution in [0.25, 0.3) is 0 Å². The minimum atomic E-state index is 0.207. The van der Waals surface area contributed by atoms with Crippen LogP contribution in [0.4, 0.5) is 0 Å². The topological polar surface area (TPSA) is 29.3 Å². The Morgan fingerprint density at radius 1 is 1.39 bits per heavy atom. The molecule has 0 aliphatic heterocycles. The summed E-state index contributed by atoms with van der Waals surface area (Å²) in [6.45, 7) is 6.56. The van der Waals surface area contributed by atoms with E-state index in [0.29, 0.717) is 0 Å². The zero-order valence-electron chi connectivity index (χ0n) is 11.9. The molecule has 0 amide bonds. The van der Waals surface area contributed by atoms with Gasteiger partial charge in [0.25, 0.3) is 0 Å². The van der Waals surface area contributed by atoms with Gasteiger partial charge in [0, 0.05) is 18.6 Å². The van der Waals surface area contributed by atoms with Crippen molar-refractivity contribution >= 4 is 11.3 Å². The summed E-state index contributed by atoms with van der Waals surface area (Å²) >= 11 is 1.78. The molecular weight excluding hydrogens is 240 g/mol. The van der Waals surface area contributed by atoms with Gasteiger partial charge in [0.05, 0.1) is 0 Å². The Bertz CT molecular complexity index is 351. The van der Waals surface area contributed by atoms with Gasteiger partial charge < -0.3 is 5.73 Å². The lowest BCUT2D eigenvalue weighted by Gasteiger charge is -2.48. The molecule has 2 N–H and O–H groups in total. The highest BCUT2D eigenvalue weighted by molar-refractivity contribution is 7.07. The Morgan fingerprint density at radius 2 is 2.06 bits per heavy atom. The van der Waals surface area contributed by atoms with E-state index >= 15 is 0 Å². The van der Waals surface area contributed by atoms with Gasteiger partial charge in [-0.15, -0.1) is 0 Å². The van der Waals surface area contributed by atoms with Crippen molar-refractivity contribution in [2.24, 2.45) is 17.6 Å². The third kappa shape index (κ3) is 2.95. The summed E-state index contributed by atoms with van der Waals surface area (Å²) in [7, 11) is 2.25. The van der Waals surface area contributed by atoms with Crippen molar-refractivity contribution in [1.29, 1.82) is 0 Å². The van der Waals surface area contributed by atoms with Crippen LogP contribution in [0, 0.1) is 11.8 Å². The first kappa shape index (κ1) is 14.0. The lowest BCUT2D eigenvalue weighted by atomic mass is 9.71. The molecule has 2 nitrogen and oxygen atoms in total. The van der Waals surface area contributed by atoms with E-state index in [2.05, 4.69) is 42.6 Å². The SMILES string of the molecule is CC1CC(C)CC(CN)(N(C)Cc2ccsc2)C1. The number of thiophene rings is 1. The van der Waals surface area contributed by atoms with E-state index < -0.39 is 0 Å². The normalized spacial score (nSPS) is 32.9. The molecule has 1 aliphatic carbocycles. The molecule has 2 atom stereocenters. The second kappa shape index (κ2) is 5.72. The quantitative estimate of drug-likeness (QED) is 0.905. The first-order chi connectivity index (χ1) is 8.55. The maximum Gasteiger partial charge on any atom is 0.0337 e. The van der Waals surface area contributed by atoms with E-state index in [-0.39, 0.29) is 5.54 Å². The summed E-state index contributed by atoms with van der Waals surface area (Å²) in [6, 6.07) is 2.22. The average Bonchev–Trinajstić information content (AvgIpc) is 2.80. The van der Waals surface area contributed by atoms with Crippen molar-refractivity contribution < 1.29 is 0 Å². The minimum absolute atomic E-state index is 0.207. The molecule has 3 heteroatoms. The molecule has 1 fully saturated rings. The molecule has 0 saturated heterocycles. The predicted octanol–water partition coefficient (Wildman–Crippen LogP) is 3.33. The Hall–Kier alpha value is -0.380. The van der Waals surface area contributed by atoms with Crippen LogP contribution >= 0.6 is 11.3 Å². The van der Waals surface area contributed by atoms with Crippen LogP contribution < -0.4 is 5.73 Å². The summed E-state index contributed by atoms with van der Waals surface area (Å²) in [5, 5.41) is 4.40. The summed E-state index contributed by atoms with van der Waals surface area (Å²) in [5.41, 5.74) is 7.78. The Balaban J connectivity index is 2.10. The fourth-order valence-corrected chi connectivity index (χ4v) is 4.35. The molecule has 0 spiro atoms. The lowest BCUT2D eigenvalue weighted by molar-refractivity contribution is 0.0334. The molecule has 0 radical (unpaired) electrons. The second-order valence-corrected chi connectivity index (χ2v) is 7.05. The van der Waals surface area contributed by atoms with Gasteiger partial charge in [0.1, 0.15) is 0 Å². The van der Waals surface area contributed by atoms with Gasteiger partial charge >= 0.3 is 0 Å². The van der Waals surface area contributed by atoms with Crippen LogP contribution in [0.3, 0.4) is 0 Å². The van der Waals surface area contributed by atoms with Crippen molar-refractivity contribution in [3.63, 3.8) is 0 Å². The second-order valence-electron chi connectivity index (χ2n) is 6.27. The lowest BCUT2D eigenvalue weighted by Crippen LogP contribution is -2.55. The van der Waals surface area contributed by atoms with E-state index in [1.165, 1.54) is 24.8 Å². The predicted molar refractivity (Wildman–Crippen MR) is 79.8 cm³/mol. The van der Waals surface area contributed by atoms with E-state index in [1.807, 2.05) is 0 Å². The molecule has 1 heterocycles. The van der Waals surface area contributed by atoms with Gasteiger partial charge in [-0.2, -0.15) is 11.3 Å². The van der Waals surface area contributed by atoms with Gasteiger partial charge in [-0.05, 0) is 60.5 Å². The van der Waals surface area contributed by atoms with Crippen molar-refractivity contribution in [3.8, 4) is 0 Å². The maximum absolute atomic E-state index is 6.15. The fraction of sp³-hybridized carbons (Fsp3) is 0.733. The third-order valence-electron chi connectivity index (χ3n) is 4.45. The van der Waals surface area contributed by atoms with E-state index in [0.717, 1.165) is 24.9 Å². The Kier molecular flexibility index (Phi) is 4.46. The first-order valence-corrected chi connectivity index (χ1v) is 7.92. The van der Waals surface area contributed by atoms with E-state index in [1.54, 1.807) is 11.3 Å². The van der Waals surface area contributed by atoms with Crippen molar-refractivity contribution in [2.75, 3.05) is 13.6 Å². The standard InChI is InChI=1S/C15H26N2S/c1-12-6-13(2)8-15(7-12,11-16)17(3)9-14-4-5-18-10-14/h4-5,10,12-13H,6-9,11,16H2,1-3H3. The Labute approximate surface area is 115 Å². The zero-order chi connectivity index (χ0) is 13.2. The number of hydrogen-bond acceptors (Lipinski definition) is 3. The smallest absolute Gasteiger partial charge is 0.0337 e. The third-order valence-corrected chi connectivity index (χ3v) is 5.18. The van der Waals surface area contributed by atoms with Crippen LogP contribution in [0.1, 0.15) is 38.7 Å². The number of hydrogen-bond donors (Lipinski definition) is 1. The van der Waals surface area contributed by atoms with Gasteiger partial charge in [0.15, 0.2) is 0 Å². The van der Waals surface area contributed by atoms with E-state index in [9.17, 15) is 0 Å². The minimum Gasteiger partial charge on any atom is -0.329 e. The summed E-state index contributed by atoms with van der Waals surface area (Å²) in [6.07, 6.45) is 3.84. The van der Waals surface area contributed by atoms with Gasteiger partial charge in [-0.25, -0.2) is 0 Å². The van der Waals surface area contributed by atoms with Crippen LogP contribution in [0.5, 0.6) is 0 Å².